The topological polar surface area (TPSA) is 37.4 Å². The fraction of sp³-hybridized carbons (Fsp3) is 0.176. The van der Waals surface area contributed by atoms with Gasteiger partial charge in [-0.25, -0.2) is 0 Å². The smallest absolute Gasteiger partial charge is 0.295 e. The van der Waals surface area contributed by atoms with Crippen LogP contribution >= 0.6 is 22.9 Å². The highest BCUT2D eigenvalue weighted by Crippen LogP contribution is 2.23. The summed E-state index contributed by atoms with van der Waals surface area (Å²) in [5.41, 5.74) is 1.44. The molecule has 2 rings (SSSR count). The second-order valence-corrected chi connectivity index (χ2v) is 6.67. The summed E-state index contributed by atoms with van der Waals surface area (Å²) in [6.07, 6.45) is 1.61. The highest BCUT2D eigenvalue weighted by atomic mass is 35.5. The zero-order chi connectivity index (χ0) is 16.1. The zero-order valence-corrected chi connectivity index (χ0v) is 13.8. The van der Waals surface area contributed by atoms with Crippen molar-refractivity contribution in [1.82, 2.24) is 4.90 Å². The lowest BCUT2D eigenvalue weighted by Gasteiger charge is -2.19. The highest BCUT2D eigenvalue weighted by Gasteiger charge is 2.23. The quantitative estimate of drug-likeness (QED) is 0.453. The predicted octanol–water partition coefficient (Wildman–Crippen LogP) is 4.11. The van der Waals surface area contributed by atoms with Crippen molar-refractivity contribution in [1.29, 1.82) is 0 Å². The molecule has 0 aliphatic carbocycles. The summed E-state index contributed by atoms with van der Waals surface area (Å²) in [7, 11) is 0. The van der Waals surface area contributed by atoms with Crippen LogP contribution in [-0.4, -0.2) is 23.1 Å². The number of ketones is 1. The van der Waals surface area contributed by atoms with E-state index in [1.54, 1.807) is 24.3 Å². The number of aryl methyl sites for hydroxylation is 1. The van der Waals surface area contributed by atoms with E-state index in [2.05, 4.69) is 6.58 Å². The third-order valence-corrected chi connectivity index (χ3v) is 4.34. The molecule has 0 bridgehead atoms. The molecule has 0 radical (unpaired) electrons. The van der Waals surface area contributed by atoms with Crippen molar-refractivity contribution in [2.75, 3.05) is 6.54 Å². The molecule has 1 amide bonds. The van der Waals surface area contributed by atoms with Crippen LogP contribution < -0.4 is 0 Å². The van der Waals surface area contributed by atoms with Crippen LogP contribution in [0.4, 0.5) is 0 Å². The first-order chi connectivity index (χ1) is 10.5. The minimum Gasteiger partial charge on any atom is -0.327 e. The molecule has 0 aliphatic heterocycles. The van der Waals surface area contributed by atoms with E-state index < -0.39 is 11.7 Å². The second-order valence-electron chi connectivity index (χ2n) is 4.88. The summed E-state index contributed by atoms with van der Waals surface area (Å²) in [5, 5.41) is 0. The molecule has 22 heavy (non-hydrogen) atoms. The molecule has 0 aliphatic rings. The third-order valence-electron chi connectivity index (χ3n) is 3.12. The standard InChI is InChI=1S/C17H16ClNO2S/c1-3-10-19(11-14-8-9-15(18)22-14)17(21)16(20)13-6-4-12(2)5-7-13/h3-9H,1,10-11H2,2H3. The van der Waals surface area contributed by atoms with E-state index in [1.165, 1.54) is 16.2 Å². The van der Waals surface area contributed by atoms with E-state index in [4.69, 9.17) is 11.6 Å². The maximum absolute atomic E-state index is 12.4. The van der Waals surface area contributed by atoms with E-state index in [0.29, 0.717) is 23.0 Å². The number of benzene rings is 1. The van der Waals surface area contributed by atoms with Gasteiger partial charge in [0.2, 0.25) is 5.78 Å². The van der Waals surface area contributed by atoms with Crippen LogP contribution in [-0.2, 0) is 11.3 Å². The number of hydrogen-bond donors (Lipinski definition) is 0. The molecule has 114 valence electrons. The van der Waals surface area contributed by atoms with Crippen LogP contribution in [0.1, 0.15) is 20.8 Å². The summed E-state index contributed by atoms with van der Waals surface area (Å²) in [6, 6.07) is 10.6. The Balaban J connectivity index is 2.16. The molecule has 0 saturated carbocycles. The summed E-state index contributed by atoms with van der Waals surface area (Å²) in [4.78, 5) is 27.1. The van der Waals surface area contributed by atoms with Crippen LogP contribution in [0, 0.1) is 6.92 Å². The van der Waals surface area contributed by atoms with E-state index in [0.717, 1.165) is 10.4 Å². The molecule has 2 aromatic rings. The fourth-order valence-corrected chi connectivity index (χ4v) is 3.08. The van der Waals surface area contributed by atoms with Gasteiger partial charge in [-0.3, -0.25) is 9.59 Å². The first-order valence-corrected chi connectivity index (χ1v) is 7.96. The van der Waals surface area contributed by atoms with Crippen LogP contribution in [0.3, 0.4) is 0 Å². The van der Waals surface area contributed by atoms with Gasteiger partial charge >= 0.3 is 0 Å². The number of carbonyl (C=O) groups is 2. The van der Waals surface area contributed by atoms with Crippen molar-refractivity contribution >= 4 is 34.6 Å². The van der Waals surface area contributed by atoms with Crippen molar-refractivity contribution in [2.45, 2.75) is 13.5 Å². The van der Waals surface area contributed by atoms with Gasteiger partial charge < -0.3 is 4.90 Å². The predicted molar refractivity (Wildman–Crippen MR) is 90.5 cm³/mol. The Morgan fingerprint density at radius 1 is 1.23 bits per heavy atom. The number of carbonyl (C=O) groups excluding carboxylic acids is 2. The number of thiophene rings is 1. The molecule has 1 heterocycles. The van der Waals surface area contributed by atoms with Crippen LogP contribution in [0.2, 0.25) is 4.34 Å². The lowest BCUT2D eigenvalue weighted by atomic mass is 10.1. The van der Waals surface area contributed by atoms with Gasteiger partial charge in [-0.2, -0.15) is 0 Å². The minimum atomic E-state index is -0.534. The Morgan fingerprint density at radius 3 is 2.45 bits per heavy atom. The molecule has 0 unspecified atom stereocenters. The molecule has 0 saturated heterocycles. The average Bonchev–Trinajstić information content (AvgIpc) is 2.91. The third kappa shape index (κ3) is 4.06. The van der Waals surface area contributed by atoms with Gasteiger partial charge in [-0.15, -0.1) is 17.9 Å². The number of Topliss-reactive ketones (excluding diaryl/α,β-unsaturated/α-hetero) is 1. The van der Waals surface area contributed by atoms with Gasteiger partial charge in [0, 0.05) is 17.0 Å². The first-order valence-electron chi connectivity index (χ1n) is 6.76. The van der Waals surface area contributed by atoms with Gasteiger partial charge in [0.05, 0.1) is 10.9 Å². The van der Waals surface area contributed by atoms with Crippen LogP contribution in [0.15, 0.2) is 49.1 Å². The molecule has 3 nitrogen and oxygen atoms in total. The van der Waals surface area contributed by atoms with Crippen LogP contribution in [0.5, 0.6) is 0 Å². The zero-order valence-electron chi connectivity index (χ0n) is 12.2. The molecule has 0 N–H and O–H groups in total. The molecule has 5 heteroatoms. The Morgan fingerprint density at radius 2 is 1.91 bits per heavy atom. The van der Waals surface area contributed by atoms with E-state index in [9.17, 15) is 9.59 Å². The number of rotatable bonds is 6. The molecule has 0 spiro atoms. The number of halogens is 1. The van der Waals surface area contributed by atoms with Crippen molar-refractivity contribution in [3.63, 3.8) is 0 Å². The molecule has 0 atom stereocenters. The summed E-state index contributed by atoms with van der Waals surface area (Å²) < 4.78 is 0.658. The van der Waals surface area contributed by atoms with Gasteiger partial charge in [-0.1, -0.05) is 47.5 Å². The summed E-state index contributed by atoms with van der Waals surface area (Å²) >= 11 is 7.30. The molecule has 0 fully saturated rings. The second kappa shape index (κ2) is 7.38. The van der Waals surface area contributed by atoms with Gasteiger partial charge in [-0.05, 0) is 19.1 Å². The molecular weight excluding hydrogens is 318 g/mol. The molecule has 1 aromatic heterocycles. The molecule has 1 aromatic carbocycles. The number of amides is 1. The summed E-state index contributed by atoms with van der Waals surface area (Å²) in [5.74, 6) is -1.04. The normalized spacial score (nSPS) is 10.3. The van der Waals surface area contributed by atoms with Gasteiger partial charge in [0.1, 0.15) is 0 Å². The lowest BCUT2D eigenvalue weighted by Crippen LogP contribution is -2.36. The van der Waals surface area contributed by atoms with E-state index in [1.807, 2.05) is 25.1 Å². The minimum absolute atomic E-state index is 0.311. The van der Waals surface area contributed by atoms with E-state index >= 15 is 0 Å². The number of hydrogen-bond acceptors (Lipinski definition) is 3. The number of nitrogens with zero attached hydrogens (tertiary/aromatic N) is 1. The lowest BCUT2D eigenvalue weighted by molar-refractivity contribution is -0.126. The molecular formula is C17H16ClNO2S. The van der Waals surface area contributed by atoms with E-state index in [-0.39, 0.29) is 0 Å². The maximum atomic E-state index is 12.4. The Bertz CT molecular complexity index is 691. The van der Waals surface area contributed by atoms with Crippen molar-refractivity contribution in [2.24, 2.45) is 0 Å². The average molecular weight is 334 g/mol. The monoisotopic (exact) mass is 333 g/mol. The summed E-state index contributed by atoms with van der Waals surface area (Å²) in [6.45, 7) is 6.24. The van der Waals surface area contributed by atoms with Crippen molar-refractivity contribution in [3.05, 3.63) is 69.4 Å². The Labute approximate surface area is 138 Å². The fourth-order valence-electron chi connectivity index (χ4n) is 1.97. The largest absolute Gasteiger partial charge is 0.327 e. The van der Waals surface area contributed by atoms with Gasteiger partial charge in [0.15, 0.2) is 0 Å². The van der Waals surface area contributed by atoms with Gasteiger partial charge in [0.25, 0.3) is 5.91 Å². The Hall–Kier alpha value is -1.91. The van der Waals surface area contributed by atoms with Crippen molar-refractivity contribution in [3.8, 4) is 0 Å². The SMILES string of the molecule is C=CCN(Cc1ccc(Cl)s1)C(=O)C(=O)c1ccc(C)cc1. The van der Waals surface area contributed by atoms with Crippen LogP contribution in [0.25, 0.3) is 0 Å². The maximum Gasteiger partial charge on any atom is 0.295 e. The van der Waals surface area contributed by atoms with Crippen molar-refractivity contribution < 1.29 is 9.59 Å². The first kappa shape index (κ1) is 16.5. The highest BCUT2D eigenvalue weighted by molar-refractivity contribution is 7.16. The Kier molecular flexibility index (Phi) is 5.52.